The van der Waals surface area contributed by atoms with Gasteiger partial charge in [-0.3, -0.25) is 4.79 Å². The van der Waals surface area contributed by atoms with Crippen molar-refractivity contribution in [3.63, 3.8) is 0 Å². The van der Waals surface area contributed by atoms with Gasteiger partial charge in [0.05, 0.1) is 16.7 Å². The fraction of sp³-hybridized carbons (Fsp3) is 0.471. The van der Waals surface area contributed by atoms with E-state index in [9.17, 15) is 13.2 Å². The smallest absolute Gasteiger partial charge is 0.310 e. The van der Waals surface area contributed by atoms with E-state index in [4.69, 9.17) is 19.9 Å². The van der Waals surface area contributed by atoms with Crippen LogP contribution < -0.4 is 0 Å². The molecule has 136 valence electrons. The molecule has 0 amide bonds. The number of carbonyl (C=O) groups is 1. The Hall–Kier alpha value is -1.93. The monoisotopic (exact) mass is 394 g/mol. The Kier molecular flexibility index (Phi) is 3.31. The molecule has 2 aromatic rings. The molecule has 7 nitrogen and oxygen atoms in total. The average Bonchev–Trinajstić information content (AvgIpc) is 3.29. The highest BCUT2D eigenvalue weighted by atomic mass is 35.7. The van der Waals surface area contributed by atoms with Gasteiger partial charge < -0.3 is 9.26 Å². The standard InChI is InChI=1S/C17H15ClN2O5S/c1-7-2-3-8(6-12(7)26(18,22)23)15-19-16(25-20-15)13-9-4-10-11(5-9)24-17(21)14(10)13/h2-3,6,9-11,13-14H,4-5H2,1H3/t9-,10+,11+,13-,14-/m1/s1. The molecule has 2 bridgehead atoms. The van der Waals surface area contributed by atoms with E-state index >= 15 is 0 Å². The summed E-state index contributed by atoms with van der Waals surface area (Å²) >= 11 is 0. The molecule has 9 heteroatoms. The molecule has 0 N–H and O–H groups in total. The Morgan fingerprint density at radius 1 is 1.23 bits per heavy atom. The predicted octanol–water partition coefficient (Wildman–Crippen LogP) is 2.64. The third kappa shape index (κ3) is 2.24. The van der Waals surface area contributed by atoms with E-state index in [0.717, 1.165) is 12.8 Å². The van der Waals surface area contributed by atoms with Crippen LogP contribution in [0.5, 0.6) is 0 Å². The third-order valence-corrected chi connectivity index (χ3v) is 7.38. The Morgan fingerprint density at radius 3 is 2.81 bits per heavy atom. The second kappa shape index (κ2) is 5.29. The molecule has 3 fully saturated rings. The van der Waals surface area contributed by atoms with Crippen molar-refractivity contribution in [2.45, 2.75) is 36.7 Å². The summed E-state index contributed by atoms with van der Waals surface area (Å²) in [7, 11) is 1.62. The molecular weight excluding hydrogens is 380 g/mol. The molecule has 2 aliphatic carbocycles. The summed E-state index contributed by atoms with van der Waals surface area (Å²) in [4.78, 5) is 16.6. The first-order valence-corrected chi connectivity index (χ1v) is 10.7. The highest BCUT2D eigenvalue weighted by Gasteiger charge is 2.63. The third-order valence-electron chi connectivity index (χ3n) is 5.92. The van der Waals surface area contributed by atoms with E-state index < -0.39 is 9.05 Å². The number of carbonyl (C=O) groups excluding carboxylic acids is 1. The van der Waals surface area contributed by atoms with Gasteiger partial charge in [0, 0.05) is 22.2 Å². The van der Waals surface area contributed by atoms with Crippen LogP contribution in [0.2, 0.25) is 0 Å². The molecule has 5 atom stereocenters. The largest absolute Gasteiger partial charge is 0.462 e. The van der Waals surface area contributed by atoms with Crippen LogP contribution >= 0.6 is 10.7 Å². The van der Waals surface area contributed by atoms with Gasteiger partial charge in [0.1, 0.15) is 6.10 Å². The van der Waals surface area contributed by atoms with Gasteiger partial charge in [0.15, 0.2) is 0 Å². The molecule has 0 radical (unpaired) electrons. The molecule has 1 aromatic heterocycles. The molecule has 2 saturated carbocycles. The van der Waals surface area contributed by atoms with E-state index in [-0.39, 0.29) is 40.5 Å². The summed E-state index contributed by atoms with van der Waals surface area (Å²) in [5.74, 6) is 0.776. The number of ether oxygens (including phenoxy) is 1. The van der Waals surface area contributed by atoms with Crippen LogP contribution in [0.4, 0.5) is 0 Å². The molecule has 0 unspecified atom stereocenters. The van der Waals surface area contributed by atoms with Gasteiger partial charge in [0.2, 0.25) is 11.7 Å². The summed E-state index contributed by atoms with van der Waals surface area (Å²) in [5, 5.41) is 4.00. The van der Waals surface area contributed by atoms with Crippen molar-refractivity contribution in [2.24, 2.45) is 17.8 Å². The number of aromatic nitrogens is 2. The topological polar surface area (TPSA) is 99.4 Å². The van der Waals surface area contributed by atoms with E-state index in [1.165, 1.54) is 6.07 Å². The van der Waals surface area contributed by atoms with Crippen LogP contribution in [0, 0.1) is 24.7 Å². The highest BCUT2D eigenvalue weighted by molar-refractivity contribution is 8.13. The summed E-state index contributed by atoms with van der Waals surface area (Å²) in [5.41, 5.74) is 1.04. The molecule has 0 spiro atoms. The Balaban J connectivity index is 1.51. The SMILES string of the molecule is Cc1ccc(-c2noc([C@@H]3[C@@H]4C[C@@H]5[C@H]3C(=O)O[C@H]5C4)n2)cc1S(=O)(=O)Cl. The maximum atomic E-state index is 12.2. The Morgan fingerprint density at radius 2 is 2.04 bits per heavy atom. The van der Waals surface area contributed by atoms with Gasteiger partial charge in [-0.15, -0.1) is 0 Å². The van der Waals surface area contributed by atoms with Crippen LogP contribution in [0.15, 0.2) is 27.6 Å². The number of hydrogen-bond acceptors (Lipinski definition) is 7. The van der Waals surface area contributed by atoms with E-state index in [1.807, 2.05) is 0 Å². The zero-order chi connectivity index (χ0) is 18.2. The van der Waals surface area contributed by atoms with Crippen LogP contribution in [-0.2, 0) is 18.6 Å². The number of fused-ring (bicyclic) bond motifs is 1. The maximum Gasteiger partial charge on any atom is 0.310 e. The quantitative estimate of drug-likeness (QED) is 0.582. The Bertz CT molecular complexity index is 1030. The molecule has 3 aliphatic rings. The number of rotatable bonds is 3. The number of halogens is 1. The first-order chi connectivity index (χ1) is 12.3. The minimum absolute atomic E-state index is 0.0187. The average molecular weight is 395 g/mol. The molecule has 1 aliphatic heterocycles. The second-order valence-electron chi connectivity index (χ2n) is 7.30. The van der Waals surface area contributed by atoms with Crippen molar-refractivity contribution in [1.29, 1.82) is 0 Å². The zero-order valence-electron chi connectivity index (χ0n) is 13.8. The van der Waals surface area contributed by atoms with E-state index in [0.29, 0.717) is 22.9 Å². The van der Waals surface area contributed by atoms with Gasteiger partial charge in [-0.1, -0.05) is 17.3 Å². The van der Waals surface area contributed by atoms with E-state index in [2.05, 4.69) is 10.1 Å². The van der Waals surface area contributed by atoms with Crippen molar-refractivity contribution >= 4 is 25.7 Å². The lowest BCUT2D eigenvalue weighted by atomic mass is 9.80. The number of nitrogens with zero attached hydrogens (tertiary/aromatic N) is 2. The minimum atomic E-state index is -3.87. The van der Waals surface area contributed by atoms with Gasteiger partial charge >= 0.3 is 5.97 Å². The van der Waals surface area contributed by atoms with Gasteiger partial charge in [-0.25, -0.2) is 8.42 Å². The van der Waals surface area contributed by atoms with Gasteiger partial charge in [-0.05, 0) is 37.3 Å². The molecular formula is C17H15ClN2O5S. The van der Waals surface area contributed by atoms with Crippen LogP contribution in [0.25, 0.3) is 11.4 Å². The lowest BCUT2D eigenvalue weighted by Crippen LogP contribution is -2.24. The predicted molar refractivity (Wildman–Crippen MR) is 89.8 cm³/mol. The summed E-state index contributed by atoms with van der Waals surface area (Å²) in [6, 6.07) is 4.81. The number of aryl methyl sites for hydroxylation is 1. The summed E-state index contributed by atoms with van der Waals surface area (Å²) < 4.78 is 34.3. The summed E-state index contributed by atoms with van der Waals surface area (Å²) in [6.45, 7) is 1.66. The van der Waals surface area contributed by atoms with Gasteiger partial charge in [-0.2, -0.15) is 4.98 Å². The lowest BCUT2D eigenvalue weighted by molar-refractivity contribution is -0.143. The fourth-order valence-corrected chi connectivity index (χ4v) is 6.05. The van der Waals surface area contributed by atoms with Crippen LogP contribution in [-0.4, -0.2) is 30.6 Å². The van der Waals surface area contributed by atoms with Gasteiger partial charge in [0.25, 0.3) is 9.05 Å². The fourth-order valence-electron chi connectivity index (χ4n) is 4.83. The van der Waals surface area contributed by atoms with Crippen molar-refractivity contribution in [1.82, 2.24) is 10.1 Å². The number of esters is 1. The lowest BCUT2D eigenvalue weighted by Gasteiger charge is -2.20. The first kappa shape index (κ1) is 16.3. The number of benzene rings is 1. The molecule has 1 aromatic carbocycles. The second-order valence-corrected chi connectivity index (χ2v) is 9.83. The number of hydrogen-bond donors (Lipinski definition) is 0. The molecule has 5 rings (SSSR count). The maximum absolute atomic E-state index is 12.2. The zero-order valence-corrected chi connectivity index (χ0v) is 15.3. The van der Waals surface area contributed by atoms with Crippen molar-refractivity contribution in [2.75, 3.05) is 0 Å². The first-order valence-electron chi connectivity index (χ1n) is 8.42. The summed E-state index contributed by atoms with van der Waals surface area (Å²) in [6.07, 6.45) is 1.83. The highest BCUT2D eigenvalue weighted by Crippen LogP contribution is 2.61. The van der Waals surface area contributed by atoms with Crippen molar-refractivity contribution in [3.05, 3.63) is 29.7 Å². The Labute approximate surface area is 154 Å². The normalized spacial score (nSPS) is 32.2. The molecule has 2 heterocycles. The van der Waals surface area contributed by atoms with Crippen LogP contribution in [0.3, 0.4) is 0 Å². The molecule has 1 saturated heterocycles. The van der Waals surface area contributed by atoms with Crippen molar-refractivity contribution in [3.8, 4) is 11.4 Å². The minimum Gasteiger partial charge on any atom is -0.462 e. The van der Waals surface area contributed by atoms with Crippen molar-refractivity contribution < 1.29 is 22.5 Å². The van der Waals surface area contributed by atoms with Crippen LogP contribution in [0.1, 0.15) is 30.2 Å². The molecule has 26 heavy (non-hydrogen) atoms. The van der Waals surface area contributed by atoms with E-state index in [1.54, 1.807) is 19.1 Å².